The van der Waals surface area contributed by atoms with Crippen LogP contribution in [-0.2, 0) is 4.84 Å². The molecule has 1 aliphatic carbocycles. The van der Waals surface area contributed by atoms with Crippen LogP contribution in [0.4, 0.5) is 9.93 Å². The Morgan fingerprint density at radius 3 is 2.59 bits per heavy atom. The van der Waals surface area contributed by atoms with Crippen LogP contribution in [0.15, 0.2) is 29.8 Å². The number of nitrogens with one attached hydrogen (secondary N) is 1. The van der Waals surface area contributed by atoms with Crippen LogP contribution in [0.3, 0.4) is 0 Å². The van der Waals surface area contributed by atoms with E-state index in [4.69, 9.17) is 9.82 Å². The Kier molecular flexibility index (Phi) is 6.11. The van der Waals surface area contributed by atoms with Crippen LogP contribution < -0.4 is 10.4 Å². The predicted molar refractivity (Wildman–Crippen MR) is 109 cm³/mol. The second-order valence-corrected chi connectivity index (χ2v) is 8.97. The van der Waals surface area contributed by atoms with Gasteiger partial charge in [0, 0.05) is 17.6 Å². The van der Waals surface area contributed by atoms with Gasteiger partial charge in [0.25, 0.3) is 0 Å². The van der Waals surface area contributed by atoms with Crippen LogP contribution in [0.1, 0.15) is 53.4 Å². The number of pyridine rings is 1. The van der Waals surface area contributed by atoms with Gasteiger partial charge in [0.15, 0.2) is 5.13 Å². The maximum absolute atomic E-state index is 13.0. The van der Waals surface area contributed by atoms with Crippen LogP contribution in [0.2, 0.25) is 0 Å². The van der Waals surface area contributed by atoms with Crippen molar-refractivity contribution >= 4 is 22.5 Å². The van der Waals surface area contributed by atoms with E-state index in [1.807, 2.05) is 44.4 Å². The van der Waals surface area contributed by atoms with E-state index in [0.29, 0.717) is 11.0 Å². The van der Waals surface area contributed by atoms with E-state index in [1.54, 1.807) is 11.1 Å². The number of amides is 2. The first kappa shape index (κ1) is 19.8. The molecular weight excluding hydrogens is 360 g/mol. The van der Waals surface area contributed by atoms with Crippen LogP contribution in [0, 0.1) is 5.92 Å². The molecule has 1 N–H and O–H groups in total. The summed E-state index contributed by atoms with van der Waals surface area (Å²) in [5.41, 5.74) is 3.76. The first-order chi connectivity index (χ1) is 12.8. The van der Waals surface area contributed by atoms with Crippen molar-refractivity contribution in [3.05, 3.63) is 29.8 Å². The van der Waals surface area contributed by atoms with Crippen molar-refractivity contribution in [3.63, 3.8) is 0 Å². The van der Waals surface area contributed by atoms with E-state index in [-0.39, 0.29) is 12.1 Å². The fourth-order valence-corrected chi connectivity index (χ4v) is 4.05. The number of carbonyl (C=O) groups is 1. The molecule has 2 amide bonds. The van der Waals surface area contributed by atoms with E-state index in [9.17, 15) is 4.79 Å². The fraction of sp³-hybridized carbons (Fsp3) is 0.550. The molecule has 0 saturated heterocycles. The number of hydrogen-bond acceptors (Lipinski definition) is 5. The second kappa shape index (κ2) is 8.35. The van der Waals surface area contributed by atoms with Crippen molar-refractivity contribution < 1.29 is 9.63 Å². The van der Waals surface area contributed by atoms with Gasteiger partial charge in [-0.2, -0.15) is 0 Å². The summed E-state index contributed by atoms with van der Waals surface area (Å²) in [4.78, 5) is 29.3. The summed E-state index contributed by atoms with van der Waals surface area (Å²) in [6.07, 6.45) is 5.93. The average Bonchev–Trinajstić information content (AvgIpc) is 3.12. The molecule has 27 heavy (non-hydrogen) atoms. The second-order valence-electron chi connectivity index (χ2n) is 8.14. The Morgan fingerprint density at radius 2 is 1.96 bits per heavy atom. The first-order valence-electron chi connectivity index (χ1n) is 9.47. The summed E-state index contributed by atoms with van der Waals surface area (Å²) in [6.45, 7) is 7.99. The number of nitrogens with zero attached hydrogens (tertiary/aromatic N) is 3. The smallest absolute Gasteiger partial charge is 0.266 e. The van der Waals surface area contributed by atoms with Gasteiger partial charge in [-0.25, -0.2) is 15.3 Å². The highest BCUT2D eigenvalue weighted by molar-refractivity contribution is 7.14. The quantitative estimate of drug-likeness (QED) is 0.746. The first-order valence-corrected chi connectivity index (χ1v) is 10.4. The SMILES string of the molecule is CC1CCC(N(C(=O)NOC(C)(C)C)c2nc(-c3ccccn3)cs2)CC1. The number of carbonyl (C=O) groups excluding carboxylic acids is 1. The minimum atomic E-state index is -0.454. The Labute approximate surface area is 164 Å². The largest absolute Gasteiger partial charge is 0.347 e. The molecule has 1 aliphatic rings. The number of urea groups is 1. The third kappa shape index (κ3) is 5.26. The molecule has 1 saturated carbocycles. The minimum absolute atomic E-state index is 0.132. The molecule has 0 aromatic carbocycles. The van der Waals surface area contributed by atoms with Gasteiger partial charge in [-0.1, -0.05) is 13.0 Å². The van der Waals surface area contributed by atoms with Gasteiger partial charge in [-0.05, 0) is 64.5 Å². The van der Waals surface area contributed by atoms with Crippen molar-refractivity contribution in [2.45, 2.75) is 65.0 Å². The summed E-state index contributed by atoms with van der Waals surface area (Å²) < 4.78 is 0. The van der Waals surface area contributed by atoms with Crippen LogP contribution in [0.25, 0.3) is 11.4 Å². The molecule has 146 valence electrons. The van der Waals surface area contributed by atoms with Gasteiger partial charge >= 0.3 is 6.03 Å². The monoisotopic (exact) mass is 388 g/mol. The van der Waals surface area contributed by atoms with E-state index >= 15 is 0 Å². The van der Waals surface area contributed by atoms with E-state index in [1.165, 1.54) is 11.3 Å². The summed E-state index contributed by atoms with van der Waals surface area (Å²) in [5, 5.41) is 2.64. The lowest BCUT2D eigenvalue weighted by Gasteiger charge is -2.35. The zero-order valence-corrected chi connectivity index (χ0v) is 17.3. The number of thiazole rings is 1. The van der Waals surface area contributed by atoms with Crippen LogP contribution in [0.5, 0.6) is 0 Å². The zero-order chi connectivity index (χ0) is 19.4. The zero-order valence-electron chi connectivity index (χ0n) is 16.4. The number of rotatable bonds is 4. The highest BCUT2D eigenvalue weighted by atomic mass is 32.1. The molecule has 7 heteroatoms. The maximum atomic E-state index is 13.0. The van der Waals surface area contributed by atoms with Gasteiger partial charge in [0.1, 0.15) is 5.69 Å². The topological polar surface area (TPSA) is 67.4 Å². The molecule has 1 fully saturated rings. The fourth-order valence-electron chi connectivity index (χ4n) is 3.16. The van der Waals surface area contributed by atoms with Crippen molar-refractivity contribution in [2.75, 3.05) is 4.90 Å². The molecule has 0 bridgehead atoms. The van der Waals surface area contributed by atoms with Crippen molar-refractivity contribution in [1.82, 2.24) is 15.4 Å². The van der Waals surface area contributed by atoms with Gasteiger partial charge in [-0.3, -0.25) is 14.7 Å². The standard InChI is InChI=1S/C20H28N4O2S/c1-14-8-10-15(11-9-14)24(18(25)23-26-20(2,3)4)19-22-17(13-27-19)16-7-5-6-12-21-16/h5-7,12-15H,8-11H2,1-4H3,(H,23,25). The van der Waals surface area contributed by atoms with Crippen molar-refractivity contribution in [3.8, 4) is 11.4 Å². The normalized spacial score (nSPS) is 20.3. The van der Waals surface area contributed by atoms with Gasteiger partial charge < -0.3 is 0 Å². The van der Waals surface area contributed by atoms with Crippen LogP contribution >= 0.6 is 11.3 Å². The number of hydroxylamine groups is 1. The van der Waals surface area contributed by atoms with Gasteiger partial charge in [0.2, 0.25) is 0 Å². The number of aromatic nitrogens is 2. The van der Waals surface area contributed by atoms with Gasteiger partial charge in [0.05, 0.1) is 11.3 Å². The number of anilines is 1. The molecule has 2 aromatic heterocycles. The third-order valence-electron chi connectivity index (χ3n) is 4.64. The summed E-state index contributed by atoms with van der Waals surface area (Å²) >= 11 is 1.47. The molecular formula is C20H28N4O2S. The van der Waals surface area contributed by atoms with Gasteiger partial charge in [-0.15, -0.1) is 11.3 Å². The Hall–Kier alpha value is -1.99. The molecule has 2 heterocycles. The molecule has 0 aliphatic heterocycles. The number of hydrogen-bond donors (Lipinski definition) is 1. The predicted octanol–water partition coefficient (Wildman–Crippen LogP) is 5.03. The lowest BCUT2D eigenvalue weighted by atomic mass is 9.87. The molecule has 0 spiro atoms. The highest BCUT2D eigenvalue weighted by Crippen LogP contribution is 2.33. The minimum Gasteiger partial charge on any atom is -0.266 e. The maximum Gasteiger partial charge on any atom is 0.347 e. The average molecular weight is 389 g/mol. The molecule has 0 unspecified atom stereocenters. The summed E-state index contributed by atoms with van der Waals surface area (Å²) in [7, 11) is 0. The lowest BCUT2D eigenvalue weighted by Crippen LogP contribution is -2.49. The van der Waals surface area contributed by atoms with Crippen molar-refractivity contribution in [2.24, 2.45) is 5.92 Å². The molecule has 6 nitrogen and oxygen atoms in total. The Balaban J connectivity index is 1.83. The molecule has 0 atom stereocenters. The van der Waals surface area contributed by atoms with E-state index < -0.39 is 5.60 Å². The van der Waals surface area contributed by atoms with E-state index in [2.05, 4.69) is 17.4 Å². The summed E-state index contributed by atoms with van der Waals surface area (Å²) in [5.74, 6) is 0.706. The van der Waals surface area contributed by atoms with Crippen LogP contribution in [-0.4, -0.2) is 27.6 Å². The lowest BCUT2D eigenvalue weighted by molar-refractivity contribution is -0.0520. The highest BCUT2D eigenvalue weighted by Gasteiger charge is 2.31. The molecule has 2 aromatic rings. The Morgan fingerprint density at radius 1 is 1.22 bits per heavy atom. The molecule has 0 radical (unpaired) electrons. The molecule has 3 rings (SSSR count). The van der Waals surface area contributed by atoms with Crippen molar-refractivity contribution in [1.29, 1.82) is 0 Å². The third-order valence-corrected chi connectivity index (χ3v) is 5.48. The van der Waals surface area contributed by atoms with E-state index in [0.717, 1.165) is 37.1 Å². The Bertz CT molecular complexity index is 749. The summed E-state index contributed by atoms with van der Waals surface area (Å²) in [6, 6.07) is 5.61.